The second kappa shape index (κ2) is 34.2. The van der Waals surface area contributed by atoms with E-state index < -0.39 is 7.60 Å². The van der Waals surface area contributed by atoms with Gasteiger partial charge in [-0.25, -0.2) is 0 Å². The zero-order valence-corrected chi connectivity index (χ0v) is 31.8. The lowest BCUT2D eigenvalue weighted by Gasteiger charge is -2.22. The average molecular weight is 641 g/mol. The van der Waals surface area contributed by atoms with Crippen molar-refractivity contribution in [1.29, 1.82) is 0 Å². The summed E-state index contributed by atoms with van der Waals surface area (Å²) in [6.07, 6.45) is 45.6. The van der Waals surface area contributed by atoms with Crippen molar-refractivity contribution in [3.63, 3.8) is 0 Å². The van der Waals surface area contributed by atoms with Gasteiger partial charge < -0.3 is 9.05 Å². The van der Waals surface area contributed by atoms with Crippen LogP contribution in [0.5, 0.6) is 0 Å². The molecule has 0 aromatic carbocycles. The standard InChI is InChI=1S/C40H81O3P/c1-6-8-10-12-13-14-15-16-17-18-19-20-21-22-23-24-25-26-27-28-29-30-31-32-33-34-36-38-40(37-35-11-9-7-2)44(41,42-5)43-39(3)4/h38-39H,6-37H2,1-5H3. The Balaban J connectivity index is 3.58. The highest BCUT2D eigenvalue weighted by Gasteiger charge is 2.29. The second-order valence-electron chi connectivity index (χ2n) is 14.0. The SMILES string of the molecule is CCCCCCCCCCCCCCCCCCCCCCCCCCCCC=C(CCCCCC)P(=O)(OC)OC(C)C. The molecule has 0 fully saturated rings. The topological polar surface area (TPSA) is 35.5 Å². The molecule has 0 aromatic rings. The quantitative estimate of drug-likeness (QED) is 0.0505. The molecule has 0 rings (SSSR count). The second-order valence-corrected chi connectivity index (χ2v) is 16.1. The fraction of sp³-hybridized carbons (Fsp3) is 0.950. The molecule has 0 aliphatic heterocycles. The zero-order chi connectivity index (χ0) is 32.4. The average Bonchev–Trinajstić information content (AvgIpc) is 3.01. The molecule has 0 saturated heterocycles. The summed E-state index contributed by atoms with van der Waals surface area (Å²) in [6, 6.07) is 0. The van der Waals surface area contributed by atoms with Gasteiger partial charge in [0.25, 0.3) is 0 Å². The van der Waals surface area contributed by atoms with Crippen LogP contribution in [-0.4, -0.2) is 13.2 Å². The smallest absolute Gasteiger partial charge is 0.309 e. The summed E-state index contributed by atoms with van der Waals surface area (Å²) in [7, 11) is -1.62. The maximum atomic E-state index is 13.3. The third-order valence-electron chi connectivity index (χ3n) is 9.17. The molecule has 3 nitrogen and oxygen atoms in total. The molecule has 44 heavy (non-hydrogen) atoms. The van der Waals surface area contributed by atoms with Gasteiger partial charge in [-0.15, -0.1) is 0 Å². The summed E-state index contributed by atoms with van der Waals surface area (Å²) in [5.41, 5.74) is 0. The summed E-state index contributed by atoms with van der Waals surface area (Å²) < 4.78 is 24.5. The van der Waals surface area contributed by atoms with Crippen molar-refractivity contribution in [2.45, 2.75) is 239 Å². The van der Waals surface area contributed by atoms with Gasteiger partial charge in [0.2, 0.25) is 0 Å². The molecule has 0 aliphatic rings. The van der Waals surface area contributed by atoms with Crippen LogP contribution in [0.1, 0.15) is 233 Å². The van der Waals surface area contributed by atoms with E-state index >= 15 is 0 Å². The normalized spacial score (nSPS) is 13.6. The van der Waals surface area contributed by atoms with Crippen molar-refractivity contribution < 1.29 is 13.6 Å². The Hall–Kier alpha value is -0.110. The first-order valence-electron chi connectivity index (χ1n) is 20.0. The Morgan fingerprint density at radius 2 is 0.795 bits per heavy atom. The van der Waals surface area contributed by atoms with Gasteiger partial charge in [-0.3, -0.25) is 4.57 Å². The van der Waals surface area contributed by atoms with Gasteiger partial charge >= 0.3 is 7.60 Å². The van der Waals surface area contributed by atoms with Crippen molar-refractivity contribution in [2.24, 2.45) is 0 Å². The van der Waals surface area contributed by atoms with Gasteiger partial charge in [0.1, 0.15) is 0 Å². The van der Waals surface area contributed by atoms with Gasteiger partial charge in [-0.05, 0) is 39.5 Å². The number of hydrogen-bond acceptors (Lipinski definition) is 3. The summed E-state index contributed by atoms with van der Waals surface area (Å²) in [6.45, 7) is 8.39. The molecule has 0 heterocycles. The molecule has 0 spiro atoms. The fourth-order valence-electron chi connectivity index (χ4n) is 6.32. The Morgan fingerprint density at radius 3 is 1.09 bits per heavy atom. The molecule has 1 atom stereocenters. The molecule has 0 bridgehead atoms. The Bertz CT molecular complexity index is 645. The van der Waals surface area contributed by atoms with E-state index in [-0.39, 0.29) is 6.10 Å². The van der Waals surface area contributed by atoms with Crippen LogP contribution < -0.4 is 0 Å². The van der Waals surface area contributed by atoms with Crippen LogP contribution in [0.3, 0.4) is 0 Å². The minimum absolute atomic E-state index is 0.0985. The Morgan fingerprint density at radius 1 is 0.500 bits per heavy atom. The molecule has 0 aliphatic carbocycles. The van der Waals surface area contributed by atoms with Crippen LogP contribution in [0.2, 0.25) is 0 Å². The van der Waals surface area contributed by atoms with E-state index in [2.05, 4.69) is 19.9 Å². The van der Waals surface area contributed by atoms with E-state index in [0.29, 0.717) is 0 Å². The Labute approximate surface area is 278 Å². The number of unbranched alkanes of at least 4 members (excludes halogenated alkanes) is 29. The summed E-state index contributed by atoms with van der Waals surface area (Å²) >= 11 is 0. The van der Waals surface area contributed by atoms with Crippen molar-refractivity contribution >= 4 is 7.60 Å². The minimum Gasteiger partial charge on any atom is -0.309 e. The first kappa shape index (κ1) is 43.9. The van der Waals surface area contributed by atoms with Crippen molar-refractivity contribution in [2.75, 3.05) is 7.11 Å². The van der Waals surface area contributed by atoms with Crippen LogP contribution in [0.25, 0.3) is 0 Å². The van der Waals surface area contributed by atoms with Gasteiger partial charge in [0.05, 0.1) is 6.10 Å². The molecule has 0 N–H and O–H groups in total. The highest BCUT2D eigenvalue weighted by Crippen LogP contribution is 2.58. The van der Waals surface area contributed by atoms with Crippen molar-refractivity contribution in [3.05, 3.63) is 11.4 Å². The highest BCUT2D eigenvalue weighted by atomic mass is 31.2. The van der Waals surface area contributed by atoms with E-state index in [0.717, 1.165) is 24.6 Å². The summed E-state index contributed by atoms with van der Waals surface area (Å²) in [5.74, 6) is 0. The van der Waals surface area contributed by atoms with Crippen LogP contribution in [0.4, 0.5) is 0 Å². The van der Waals surface area contributed by atoms with Crippen molar-refractivity contribution in [3.8, 4) is 0 Å². The van der Waals surface area contributed by atoms with Crippen LogP contribution >= 0.6 is 7.60 Å². The highest BCUT2D eigenvalue weighted by molar-refractivity contribution is 7.58. The number of allylic oxidation sites excluding steroid dienone is 2. The van der Waals surface area contributed by atoms with Gasteiger partial charge in [-0.1, -0.05) is 200 Å². The first-order chi connectivity index (χ1) is 21.5. The van der Waals surface area contributed by atoms with Crippen LogP contribution in [0, 0.1) is 0 Å². The van der Waals surface area contributed by atoms with E-state index in [1.807, 2.05) is 13.8 Å². The lowest BCUT2D eigenvalue weighted by Crippen LogP contribution is -2.04. The van der Waals surface area contributed by atoms with E-state index in [4.69, 9.17) is 9.05 Å². The molecule has 264 valence electrons. The summed E-state index contributed by atoms with van der Waals surface area (Å²) in [5, 5.41) is 0.907. The molecule has 4 heteroatoms. The van der Waals surface area contributed by atoms with Crippen LogP contribution in [0.15, 0.2) is 11.4 Å². The Kier molecular flexibility index (Phi) is 34.1. The summed E-state index contributed by atoms with van der Waals surface area (Å²) in [4.78, 5) is 0. The predicted molar refractivity (Wildman–Crippen MR) is 198 cm³/mol. The minimum atomic E-state index is -3.15. The van der Waals surface area contributed by atoms with Gasteiger partial charge in [-0.2, -0.15) is 0 Å². The lowest BCUT2D eigenvalue weighted by molar-refractivity contribution is 0.192. The van der Waals surface area contributed by atoms with Gasteiger partial charge in [0, 0.05) is 12.4 Å². The monoisotopic (exact) mass is 641 g/mol. The molecular formula is C40H81O3P. The van der Waals surface area contributed by atoms with E-state index in [9.17, 15) is 4.57 Å². The maximum absolute atomic E-state index is 13.3. The molecule has 0 saturated carbocycles. The maximum Gasteiger partial charge on any atom is 0.356 e. The number of rotatable bonds is 36. The molecule has 0 amide bonds. The fourth-order valence-corrected chi connectivity index (χ4v) is 8.11. The largest absolute Gasteiger partial charge is 0.356 e. The van der Waals surface area contributed by atoms with Crippen molar-refractivity contribution in [1.82, 2.24) is 0 Å². The predicted octanol–water partition coefficient (Wildman–Crippen LogP) is 15.7. The zero-order valence-electron chi connectivity index (χ0n) is 31.0. The van der Waals surface area contributed by atoms with E-state index in [1.165, 1.54) is 193 Å². The molecule has 1 unspecified atom stereocenters. The molecular weight excluding hydrogens is 559 g/mol. The lowest BCUT2D eigenvalue weighted by atomic mass is 10.0. The first-order valence-corrected chi connectivity index (χ1v) is 21.6. The third-order valence-corrected chi connectivity index (χ3v) is 11.5. The van der Waals surface area contributed by atoms with Gasteiger partial charge in [0.15, 0.2) is 0 Å². The van der Waals surface area contributed by atoms with Crippen LogP contribution in [-0.2, 0) is 13.6 Å². The molecule has 0 aromatic heterocycles. The third kappa shape index (κ3) is 29.3. The molecule has 0 radical (unpaired) electrons. The number of hydrogen-bond donors (Lipinski definition) is 0. The van der Waals surface area contributed by atoms with E-state index in [1.54, 1.807) is 0 Å².